The molecule has 3 heteroatoms. The second kappa shape index (κ2) is 8.62. The Labute approximate surface area is 164 Å². The van der Waals surface area contributed by atoms with Gasteiger partial charge in [-0.3, -0.25) is 4.90 Å². The van der Waals surface area contributed by atoms with E-state index in [-0.39, 0.29) is 0 Å². The molecule has 1 aromatic carbocycles. The number of hydrogen-bond donors (Lipinski definition) is 0. The van der Waals surface area contributed by atoms with E-state index in [4.69, 9.17) is 4.74 Å². The van der Waals surface area contributed by atoms with E-state index in [1.807, 2.05) is 0 Å². The van der Waals surface area contributed by atoms with Crippen LogP contribution in [0.2, 0.25) is 0 Å². The SMILES string of the molecule is CC1CN(CCCCN2C3=CCCC=C3CCc3ccccc32)CC(C)O1. The molecule has 0 bridgehead atoms. The zero-order valence-electron chi connectivity index (χ0n) is 17.0. The molecule has 3 nitrogen and oxygen atoms in total. The lowest BCUT2D eigenvalue weighted by Gasteiger charge is -2.35. The highest BCUT2D eigenvalue weighted by Gasteiger charge is 2.24. The fourth-order valence-corrected chi connectivity index (χ4v) is 4.92. The smallest absolute Gasteiger partial charge is 0.0678 e. The molecule has 1 fully saturated rings. The molecule has 1 aliphatic carbocycles. The summed E-state index contributed by atoms with van der Waals surface area (Å²) in [7, 11) is 0. The molecule has 0 saturated carbocycles. The molecule has 2 atom stereocenters. The second-order valence-electron chi connectivity index (χ2n) is 8.40. The van der Waals surface area contributed by atoms with Crippen LogP contribution in [0, 0.1) is 0 Å². The third kappa shape index (κ3) is 4.47. The number of rotatable bonds is 5. The Bertz CT molecular complexity index is 698. The maximum absolute atomic E-state index is 5.87. The lowest BCUT2D eigenvalue weighted by atomic mass is 9.98. The number of unbranched alkanes of at least 4 members (excludes halogenated alkanes) is 1. The minimum absolute atomic E-state index is 0.367. The van der Waals surface area contributed by atoms with Crippen molar-refractivity contribution in [2.75, 3.05) is 31.1 Å². The van der Waals surface area contributed by atoms with Crippen LogP contribution in [0.15, 0.2) is 47.7 Å². The van der Waals surface area contributed by atoms with Crippen molar-refractivity contribution in [2.24, 2.45) is 0 Å². The minimum Gasteiger partial charge on any atom is -0.373 e. The number of allylic oxidation sites excluding steroid dienone is 3. The molecular weight excluding hydrogens is 332 g/mol. The zero-order chi connectivity index (χ0) is 18.6. The number of benzene rings is 1. The van der Waals surface area contributed by atoms with Gasteiger partial charge in [-0.2, -0.15) is 0 Å². The summed E-state index contributed by atoms with van der Waals surface area (Å²) in [6, 6.07) is 9.02. The Morgan fingerprint density at radius 1 is 0.926 bits per heavy atom. The lowest BCUT2D eigenvalue weighted by Crippen LogP contribution is -2.45. The third-order valence-electron chi connectivity index (χ3n) is 6.06. The molecule has 2 aliphatic heterocycles. The lowest BCUT2D eigenvalue weighted by molar-refractivity contribution is -0.0681. The van der Waals surface area contributed by atoms with E-state index in [0.717, 1.165) is 19.6 Å². The molecule has 1 aromatic rings. The first-order chi connectivity index (χ1) is 13.2. The molecule has 2 heterocycles. The molecule has 0 amide bonds. The topological polar surface area (TPSA) is 15.7 Å². The Hall–Kier alpha value is -1.58. The Kier molecular flexibility index (Phi) is 5.99. The molecule has 2 unspecified atom stereocenters. The fraction of sp³-hybridized carbons (Fsp3) is 0.583. The molecule has 0 N–H and O–H groups in total. The van der Waals surface area contributed by atoms with Gasteiger partial charge in [0.15, 0.2) is 0 Å². The number of nitrogens with zero attached hydrogens (tertiary/aromatic N) is 2. The van der Waals surface area contributed by atoms with Crippen LogP contribution in [0.1, 0.15) is 51.5 Å². The van der Waals surface area contributed by atoms with Crippen molar-refractivity contribution in [3.8, 4) is 0 Å². The molecule has 0 radical (unpaired) electrons. The van der Waals surface area contributed by atoms with Crippen LogP contribution >= 0.6 is 0 Å². The summed E-state index contributed by atoms with van der Waals surface area (Å²) >= 11 is 0. The van der Waals surface area contributed by atoms with Crippen molar-refractivity contribution in [1.29, 1.82) is 0 Å². The summed E-state index contributed by atoms with van der Waals surface area (Å²) in [4.78, 5) is 5.19. The van der Waals surface area contributed by atoms with E-state index >= 15 is 0 Å². The van der Waals surface area contributed by atoms with Gasteiger partial charge in [-0.1, -0.05) is 30.4 Å². The average molecular weight is 367 g/mol. The van der Waals surface area contributed by atoms with Crippen LogP contribution in [-0.4, -0.2) is 43.3 Å². The largest absolute Gasteiger partial charge is 0.373 e. The van der Waals surface area contributed by atoms with E-state index in [9.17, 15) is 0 Å². The van der Waals surface area contributed by atoms with E-state index in [0.29, 0.717) is 12.2 Å². The first-order valence-corrected chi connectivity index (χ1v) is 10.8. The maximum Gasteiger partial charge on any atom is 0.0678 e. The van der Waals surface area contributed by atoms with E-state index in [2.05, 4.69) is 60.1 Å². The number of para-hydroxylation sites is 1. The summed E-state index contributed by atoms with van der Waals surface area (Å²) in [6.45, 7) is 8.86. The number of ether oxygens (including phenoxy) is 1. The van der Waals surface area contributed by atoms with Crippen molar-refractivity contribution in [3.05, 3.63) is 53.3 Å². The highest BCUT2D eigenvalue weighted by Crippen LogP contribution is 2.36. The Balaban J connectivity index is 1.40. The van der Waals surface area contributed by atoms with Gasteiger partial charge in [0.1, 0.15) is 0 Å². The van der Waals surface area contributed by atoms with Gasteiger partial charge in [0.05, 0.1) is 12.2 Å². The van der Waals surface area contributed by atoms with Gasteiger partial charge >= 0.3 is 0 Å². The monoisotopic (exact) mass is 366 g/mol. The van der Waals surface area contributed by atoms with Gasteiger partial charge in [0.2, 0.25) is 0 Å². The predicted octanol–water partition coefficient (Wildman–Crippen LogP) is 4.93. The highest BCUT2D eigenvalue weighted by atomic mass is 16.5. The first-order valence-electron chi connectivity index (χ1n) is 10.8. The number of morpholine rings is 1. The quantitative estimate of drug-likeness (QED) is 0.687. The molecule has 4 rings (SSSR count). The summed E-state index contributed by atoms with van der Waals surface area (Å²) in [5, 5.41) is 0. The zero-order valence-corrected chi connectivity index (χ0v) is 17.0. The van der Waals surface area contributed by atoms with Crippen molar-refractivity contribution < 1.29 is 4.74 Å². The van der Waals surface area contributed by atoms with E-state index in [1.165, 1.54) is 62.0 Å². The minimum atomic E-state index is 0.367. The van der Waals surface area contributed by atoms with Crippen LogP contribution < -0.4 is 4.90 Å². The number of aryl methyl sites for hydroxylation is 1. The Morgan fingerprint density at radius 3 is 2.52 bits per heavy atom. The second-order valence-corrected chi connectivity index (χ2v) is 8.40. The van der Waals surface area contributed by atoms with Crippen LogP contribution in [0.5, 0.6) is 0 Å². The van der Waals surface area contributed by atoms with Crippen LogP contribution in [-0.2, 0) is 11.2 Å². The van der Waals surface area contributed by atoms with Gasteiger partial charge in [-0.15, -0.1) is 0 Å². The molecule has 146 valence electrons. The molecular formula is C24H34N2O. The van der Waals surface area contributed by atoms with Gasteiger partial charge < -0.3 is 9.64 Å². The third-order valence-corrected chi connectivity index (χ3v) is 6.06. The average Bonchev–Trinajstić information content (AvgIpc) is 2.82. The van der Waals surface area contributed by atoms with Crippen LogP contribution in [0.4, 0.5) is 5.69 Å². The predicted molar refractivity (Wildman–Crippen MR) is 113 cm³/mol. The number of fused-ring (bicyclic) bond motifs is 2. The summed E-state index contributed by atoms with van der Waals surface area (Å²) in [5.74, 6) is 0. The fourth-order valence-electron chi connectivity index (χ4n) is 4.92. The first kappa shape index (κ1) is 18.8. The molecule has 3 aliphatic rings. The highest BCUT2D eigenvalue weighted by molar-refractivity contribution is 5.64. The van der Waals surface area contributed by atoms with E-state index < -0.39 is 0 Å². The summed E-state index contributed by atoms with van der Waals surface area (Å²) in [5.41, 5.74) is 5.99. The maximum atomic E-state index is 5.87. The Morgan fingerprint density at radius 2 is 1.67 bits per heavy atom. The standard InChI is InChI=1S/C24H34N2O/c1-19-17-25(18-20(2)27-19)15-7-8-16-26-23-11-5-3-9-21(23)13-14-22-10-4-6-12-24(22)26/h3,5,9-12,19-20H,4,6-8,13-18H2,1-2H3. The van der Waals surface area contributed by atoms with Gasteiger partial charge in [-0.05, 0) is 76.1 Å². The van der Waals surface area contributed by atoms with Crippen molar-refractivity contribution >= 4 is 5.69 Å². The normalized spacial score (nSPS) is 25.9. The van der Waals surface area contributed by atoms with Crippen LogP contribution in [0.25, 0.3) is 0 Å². The summed E-state index contributed by atoms with van der Waals surface area (Å²) < 4.78 is 5.87. The van der Waals surface area contributed by atoms with Crippen molar-refractivity contribution in [2.45, 2.75) is 64.6 Å². The van der Waals surface area contributed by atoms with Gasteiger partial charge in [-0.25, -0.2) is 0 Å². The molecule has 0 aromatic heterocycles. The van der Waals surface area contributed by atoms with Crippen molar-refractivity contribution in [3.63, 3.8) is 0 Å². The van der Waals surface area contributed by atoms with Crippen molar-refractivity contribution in [1.82, 2.24) is 4.90 Å². The van der Waals surface area contributed by atoms with Gasteiger partial charge in [0, 0.05) is 31.0 Å². The molecule has 0 spiro atoms. The molecule has 1 saturated heterocycles. The molecule has 27 heavy (non-hydrogen) atoms. The number of anilines is 1. The van der Waals surface area contributed by atoms with E-state index in [1.54, 1.807) is 5.57 Å². The van der Waals surface area contributed by atoms with Crippen LogP contribution in [0.3, 0.4) is 0 Å². The van der Waals surface area contributed by atoms with Gasteiger partial charge in [0.25, 0.3) is 0 Å². The summed E-state index contributed by atoms with van der Waals surface area (Å²) in [6.07, 6.45) is 12.9. The number of hydrogen-bond acceptors (Lipinski definition) is 3.